The Kier molecular flexibility index (Phi) is 8.88. The van der Waals surface area contributed by atoms with E-state index >= 15 is 0 Å². The summed E-state index contributed by atoms with van der Waals surface area (Å²) in [5.41, 5.74) is 1.78. The van der Waals surface area contributed by atoms with Gasteiger partial charge in [-0.05, 0) is 68.8 Å². The summed E-state index contributed by atoms with van der Waals surface area (Å²) >= 11 is 0. The third-order valence-electron chi connectivity index (χ3n) is 5.30. The number of hydrogen-bond acceptors (Lipinski definition) is 3. The number of benzene rings is 1. The van der Waals surface area contributed by atoms with Crippen molar-refractivity contribution in [1.29, 1.82) is 0 Å². The van der Waals surface area contributed by atoms with Crippen LogP contribution in [0.4, 0.5) is 10.5 Å². The van der Waals surface area contributed by atoms with Crippen molar-refractivity contribution >= 4 is 30.0 Å². The van der Waals surface area contributed by atoms with Gasteiger partial charge in [-0.1, -0.05) is 12.1 Å². The highest BCUT2D eigenvalue weighted by Crippen LogP contribution is 2.18. The quantitative estimate of drug-likeness (QED) is 0.694. The molecular weight excluding hydrogens is 364 g/mol. The second kappa shape index (κ2) is 11.1. The van der Waals surface area contributed by atoms with Crippen LogP contribution in [0.5, 0.6) is 0 Å². The monoisotopic (exact) mass is 394 g/mol. The molecule has 3 rings (SSSR count). The number of rotatable bonds is 6. The average molecular weight is 395 g/mol. The molecular formula is C20H31ClN4O2. The number of urea groups is 1. The molecule has 27 heavy (non-hydrogen) atoms. The molecule has 2 fully saturated rings. The van der Waals surface area contributed by atoms with Crippen LogP contribution >= 0.6 is 12.4 Å². The summed E-state index contributed by atoms with van der Waals surface area (Å²) in [5, 5.41) is 9.30. The van der Waals surface area contributed by atoms with Gasteiger partial charge in [-0.3, -0.25) is 4.79 Å². The molecule has 7 heteroatoms. The predicted octanol–water partition coefficient (Wildman–Crippen LogP) is 3.13. The lowest BCUT2D eigenvalue weighted by atomic mass is 9.93. The molecule has 0 aromatic heterocycles. The Labute approximate surface area is 167 Å². The van der Waals surface area contributed by atoms with Crippen LogP contribution in [-0.2, 0) is 11.3 Å². The van der Waals surface area contributed by atoms with Crippen molar-refractivity contribution in [3.8, 4) is 0 Å². The summed E-state index contributed by atoms with van der Waals surface area (Å²) in [6, 6.07) is 7.66. The molecule has 0 bridgehead atoms. The first-order valence-corrected chi connectivity index (χ1v) is 9.83. The van der Waals surface area contributed by atoms with Crippen molar-refractivity contribution < 1.29 is 9.59 Å². The SMILES string of the molecule is Cl.O=C(CCC1CCNCC1)NCc1cccc(NC(=O)N2CCCC2)c1. The lowest BCUT2D eigenvalue weighted by Crippen LogP contribution is -2.32. The van der Waals surface area contributed by atoms with E-state index in [0.29, 0.717) is 18.9 Å². The van der Waals surface area contributed by atoms with Crippen molar-refractivity contribution in [3.63, 3.8) is 0 Å². The first-order chi connectivity index (χ1) is 12.7. The molecule has 0 saturated carbocycles. The zero-order valence-corrected chi connectivity index (χ0v) is 16.7. The van der Waals surface area contributed by atoms with Crippen molar-refractivity contribution in [3.05, 3.63) is 29.8 Å². The van der Waals surface area contributed by atoms with E-state index in [1.54, 1.807) is 0 Å². The van der Waals surface area contributed by atoms with Crippen LogP contribution in [0.15, 0.2) is 24.3 Å². The molecule has 3 amide bonds. The Hall–Kier alpha value is -1.79. The zero-order chi connectivity index (χ0) is 18.2. The minimum Gasteiger partial charge on any atom is -0.352 e. The van der Waals surface area contributed by atoms with Crippen molar-refractivity contribution in [2.45, 2.75) is 45.1 Å². The minimum absolute atomic E-state index is 0. The van der Waals surface area contributed by atoms with E-state index in [2.05, 4.69) is 16.0 Å². The van der Waals surface area contributed by atoms with Crippen LogP contribution in [-0.4, -0.2) is 43.0 Å². The molecule has 2 aliphatic rings. The van der Waals surface area contributed by atoms with Gasteiger partial charge in [-0.15, -0.1) is 12.4 Å². The second-order valence-electron chi connectivity index (χ2n) is 7.33. The first kappa shape index (κ1) is 21.5. The van der Waals surface area contributed by atoms with E-state index in [4.69, 9.17) is 0 Å². The maximum atomic E-state index is 12.2. The molecule has 2 aliphatic heterocycles. The van der Waals surface area contributed by atoms with Crippen LogP contribution in [0.1, 0.15) is 44.1 Å². The number of likely N-dealkylation sites (tertiary alicyclic amines) is 1. The molecule has 3 N–H and O–H groups in total. The van der Waals surface area contributed by atoms with Gasteiger partial charge in [-0.25, -0.2) is 4.79 Å². The molecule has 0 aliphatic carbocycles. The van der Waals surface area contributed by atoms with Gasteiger partial charge in [0, 0.05) is 31.7 Å². The van der Waals surface area contributed by atoms with E-state index < -0.39 is 0 Å². The van der Waals surface area contributed by atoms with Crippen molar-refractivity contribution in [1.82, 2.24) is 15.5 Å². The van der Waals surface area contributed by atoms with E-state index in [1.165, 1.54) is 12.8 Å². The average Bonchev–Trinajstić information content (AvgIpc) is 3.21. The zero-order valence-electron chi connectivity index (χ0n) is 15.8. The fourth-order valence-electron chi connectivity index (χ4n) is 3.68. The van der Waals surface area contributed by atoms with Gasteiger partial charge in [0.05, 0.1) is 0 Å². The summed E-state index contributed by atoms with van der Waals surface area (Å²) in [4.78, 5) is 26.1. The number of nitrogens with zero attached hydrogens (tertiary/aromatic N) is 1. The highest BCUT2D eigenvalue weighted by atomic mass is 35.5. The Morgan fingerprint density at radius 1 is 1.15 bits per heavy atom. The largest absolute Gasteiger partial charge is 0.352 e. The Morgan fingerprint density at radius 2 is 1.89 bits per heavy atom. The molecule has 1 aromatic carbocycles. The van der Waals surface area contributed by atoms with Gasteiger partial charge in [0.25, 0.3) is 0 Å². The Morgan fingerprint density at radius 3 is 2.63 bits per heavy atom. The number of nitrogens with one attached hydrogen (secondary N) is 3. The lowest BCUT2D eigenvalue weighted by Gasteiger charge is -2.22. The van der Waals surface area contributed by atoms with Crippen LogP contribution in [0.3, 0.4) is 0 Å². The minimum atomic E-state index is -0.0364. The number of halogens is 1. The highest BCUT2D eigenvalue weighted by molar-refractivity contribution is 5.89. The summed E-state index contributed by atoms with van der Waals surface area (Å²) in [6.45, 7) is 4.31. The van der Waals surface area contributed by atoms with Gasteiger partial charge in [0.15, 0.2) is 0 Å². The summed E-state index contributed by atoms with van der Waals surface area (Å²) in [6.07, 6.45) is 6.07. The van der Waals surface area contributed by atoms with E-state index in [0.717, 1.165) is 56.7 Å². The maximum Gasteiger partial charge on any atom is 0.321 e. The number of carbonyl (C=O) groups excluding carboxylic acids is 2. The van der Waals surface area contributed by atoms with E-state index in [1.807, 2.05) is 29.2 Å². The first-order valence-electron chi connectivity index (χ1n) is 9.83. The second-order valence-corrected chi connectivity index (χ2v) is 7.33. The van der Waals surface area contributed by atoms with Crippen molar-refractivity contribution in [2.75, 3.05) is 31.5 Å². The number of piperidine rings is 1. The molecule has 0 unspecified atom stereocenters. The maximum absolute atomic E-state index is 12.2. The molecule has 2 saturated heterocycles. The lowest BCUT2D eigenvalue weighted by molar-refractivity contribution is -0.121. The Bertz CT molecular complexity index is 614. The van der Waals surface area contributed by atoms with Gasteiger partial charge < -0.3 is 20.9 Å². The van der Waals surface area contributed by atoms with Gasteiger partial charge in [0.1, 0.15) is 0 Å². The topological polar surface area (TPSA) is 73.5 Å². The summed E-state index contributed by atoms with van der Waals surface area (Å²) < 4.78 is 0. The fourth-order valence-corrected chi connectivity index (χ4v) is 3.68. The Balaban J connectivity index is 0.00000261. The number of anilines is 1. The van der Waals surface area contributed by atoms with E-state index in [-0.39, 0.29) is 24.3 Å². The predicted molar refractivity (Wildman–Crippen MR) is 110 cm³/mol. The highest BCUT2D eigenvalue weighted by Gasteiger charge is 2.18. The molecule has 2 heterocycles. The summed E-state index contributed by atoms with van der Waals surface area (Å²) in [5.74, 6) is 0.779. The molecule has 150 valence electrons. The number of carbonyl (C=O) groups is 2. The molecule has 1 aromatic rings. The van der Waals surface area contributed by atoms with Crippen molar-refractivity contribution in [2.24, 2.45) is 5.92 Å². The number of amides is 3. The third-order valence-corrected chi connectivity index (χ3v) is 5.30. The fraction of sp³-hybridized carbons (Fsp3) is 0.600. The smallest absolute Gasteiger partial charge is 0.321 e. The van der Waals surface area contributed by atoms with Gasteiger partial charge in [0.2, 0.25) is 5.91 Å². The molecule has 0 atom stereocenters. The van der Waals surface area contributed by atoms with E-state index in [9.17, 15) is 9.59 Å². The number of hydrogen-bond donors (Lipinski definition) is 3. The standard InChI is InChI=1S/C20H30N4O2.ClH/c25-19(7-6-16-8-10-21-11-9-16)22-15-17-4-3-5-18(14-17)23-20(26)24-12-1-2-13-24;/h3-5,14,16,21H,1-2,6-13,15H2,(H,22,25)(H,23,26);1H. The summed E-state index contributed by atoms with van der Waals surface area (Å²) in [7, 11) is 0. The molecule has 6 nitrogen and oxygen atoms in total. The van der Waals surface area contributed by atoms with Gasteiger partial charge in [-0.2, -0.15) is 0 Å². The molecule has 0 spiro atoms. The van der Waals surface area contributed by atoms with Crippen LogP contribution in [0.25, 0.3) is 0 Å². The van der Waals surface area contributed by atoms with Crippen LogP contribution < -0.4 is 16.0 Å². The van der Waals surface area contributed by atoms with Gasteiger partial charge >= 0.3 is 6.03 Å². The third kappa shape index (κ3) is 7.03. The van der Waals surface area contributed by atoms with Crippen LogP contribution in [0, 0.1) is 5.92 Å². The van der Waals surface area contributed by atoms with Crippen LogP contribution in [0.2, 0.25) is 0 Å². The normalized spacial score (nSPS) is 17.3. The molecule has 0 radical (unpaired) electrons.